The normalized spacial score (nSPS) is 12.2. The molecular formula is C38H44N2O2. The molecule has 2 N–H and O–H groups in total. The van der Waals surface area contributed by atoms with Gasteiger partial charge in [-0.2, -0.15) is 0 Å². The second-order valence-electron chi connectivity index (χ2n) is 12.2. The number of aromatic hydroxyl groups is 2. The Hall–Kier alpha value is -4.18. The molecule has 0 amide bonds. The number of phenolic OH excluding ortho intramolecular Hbond substituents is 2. The maximum atomic E-state index is 11.4. The third-order valence-corrected chi connectivity index (χ3v) is 7.78. The molecule has 0 saturated carbocycles. The summed E-state index contributed by atoms with van der Waals surface area (Å²) in [6.45, 7) is 17.3. The molecule has 42 heavy (non-hydrogen) atoms. The van der Waals surface area contributed by atoms with Crippen molar-refractivity contribution < 1.29 is 10.2 Å². The summed E-state index contributed by atoms with van der Waals surface area (Å²) < 4.78 is 0. The molecule has 218 valence electrons. The van der Waals surface area contributed by atoms with Crippen LogP contribution in [0, 0.1) is 0 Å². The van der Waals surface area contributed by atoms with Crippen molar-refractivity contribution in [3.8, 4) is 22.6 Å². The Morgan fingerprint density at radius 2 is 0.738 bits per heavy atom. The molecule has 0 unspecified atom stereocenters. The van der Waals surface area contributed by atoms with Gasteiger partial charge in [-0.25, -0.2) is 0 Å². The van der Waals surface area contributed by atoms with Crippen molar-refractivity contribution in [2.45, 2.75) is 79.1 Å². The van der Waals surface area contributed by atoms with Crippen molar-refractivity contribution in [2.24, 2.45) is 9.98 Å². The van der Waals surface area contributed by atoms with Crippen LogP contribution in [0.25, 0.3) is 11.1 Å². The zero-order valence-corrected chi connectivity index (χ0v) is 26.2. The summed E-state index contributed by atoms with van der Waals surface area (Å²) >= 11 is 0. The van der Waals surface area contributed by atoms with Crippen LogP contribution in [0.5, 0.6) is 11.5 Å². The van der Waals surface area contributed by atoms with E-state index in [4.69, 9.17) is 9.98 Å². The molecule has 0 bridgehead atoms. The predicted octanol–water partition coefficient (Wildman–Crippen LogP) is 10.8. The molecule has 0 aliphatic carbocycles. The van der Waals surface area contributed by atoms with E-state index in [2.05, 4.69) is 91.8 Å². The van der Waals surface area contributed by atoms with Crippen LogP contribution in [-0.2, 0) is 0 Å². The molecule has 4 nitrogen and oxygen atoms in total. The van der Waals surface area contributed by atoms with Crippen LogP contribution in [-0.4, -0.2) is 22.6 Å². The average Bonchev–Trinajstić information content (AvgIpc) is 2.95. The van der Waals surface area contributed by atoms with E-state index < -0.39 is 0 Å². The van der Waals surface area contributed by atoms with Crippen molar-refractivity contribution in [3.63, 3.8) is 0 Å². The lowest BCUT2D eigenvalue weighted by Gasteiger charge is -2.16. The van der Waals surface area contributed by atoms with Crippen molar-refractivity contribution in [3.05, 3.63) is 106 Å². The molecule has 0 aromatic heterocycles. The summed E-state index contributed by atoms with van der Waals surface area (Å²) in [7, 11) is 0. The summed E-state index contributed by atoms with van der Waals surface area (Å²) in [6.07, 6.45) is 3.45. The van der Waals surface area contributed by atoms with Crippen molar-refractivity contribution >= 4 is 23.8 Å². The molecule has 0 aliphatic heterocycles. The van der Waals surface area contributed by atoms with Crippen LogP contribution in [0.15, 0.2) is 82.8 Å². The first-order valence-corrected chi connectivity index (χ1v) is 15.0. The highest BCUT2D eigenvalue weighted by atomic mass is 16.3. The van der Waals surface area contributed by atoms with Gasteiger partial charge in [0.25, 0.3) is 0 Å². The molecule has 0 spiro atoms. The molecule has 0 saturated heterocycles. The lowest BCUT2D eigenvalue weighted by Crippen LogP contribution is -1.96. The van der Waals surface area contributed by atoms with Gasteiger partial charge in [0.05, 0.1) is 11.4 Å². The number of phenols is 2. The first-order chi connectivity index (χ1) is 20.0. The minimum atomic E-state index is 0.0750. The smallest absolute Gasteiger partial charge is 0.132 e. The van der Waals surface area contributed by atoms with Gasteiger partial charge in [-0.05, 0) is 58.1 Å². The number of hydrogen-bond acceptors (Lipinski definition) is 4. The van der Waals surface area contributed by atoms with Crippen molar-refractivity contribution in [2.75, 3.05) is 0 Å². The van der Waals surface area contributed by atoms with Gasteiger partial charge in [0.1, 0.15) is 11.5 Å². The van der Waals surface area contributed by atoms with Gasteiger partial charge in [0.15, 0.2) is 0 Å². The zero-order chi connectivity index (χ0) is 30.6. The maximum absolute atomic E-state index is 11.4. The highest BCUT2D eigenvalue weighted by molar-refractivity contribution is 5.94. The molecule has 4 aromatic carbocycles. The molecule has 0 atom stereocenters. The van der Waals surface area contributed by atoms with Gasteiger partial charge in [-0.3, -0.25) is 9.98 Å². The number of benzene rings is 4. The molecule has 0 radical (unpaired) electrons. The van der Waals surface area contributed by atoms with Gasteiger partial charge >= 0.3 is 0 Å². The first kappa shape index (κ1) is 30.8. The fourth-order valence-electron chi connectivity index (χ4n) is 5.36. The van der Waals surface area contributed by atoms with E-state index in [0.29, 0.717) is 45.9 Å². The van der Waals surface area contributed by atoms with Crippen LogP contribution < -0.4 is 0 Å². The predicted molar refractivity (Wildman–Crippen MR) is 179 cm³/mol. The van der Waals surface area contributed by atoms with E-state index in [1.807, 2.05) is 36.4 Å². The molecule has 0 heterocycles. The fraction of sp³-hybridized carbons (Fsp3) is 0.316. The second kappa shape index (κ2) is 13.2. The van der Waals surface area contributed by atoms with Gasteiger partial charge in [-0.15, -0.1) is 0 Å². The highest BCUT2D eigenvalue weighted by Crippen LogP contribution is 2.40. The van der Waals surface area contributed by atoms with Gasteiger partial charge in [0.2, 0.25) is 0 Å². The Morgan fingerprint density at radius 3 is 1.02 bits per heavy atom. The van der Waals surface area contributed by atoms with Gasteiger partial charge in [-0.1, -0.05) is 116 Å². The van der Waals surface area contributed by atoms with E-state index in [-0.39, 0.29) is 11.5 Å². The summed E-state index contributed by atoms with van der Waals surface area (Å²) in [6, 6.07) is 23.7. The largest absolute Gasteiger partial charge is 0.507 e. The Bertz CT molecular complexity index is 1440. The van der Waals surface area contributed by atoms with Crippen LogP contribution in [0.4, 0.5) is 11.4 Å². The van der Waals surface area contributed by atoms with Crippen molar-refractivity contribution in [1.29, 1.82) is 0 Å². The van der Waals surface area contributed by atoms with Crippen LogP contribution in [0.3, 0.4) is 0 Å². The third-order valence-electron chi connectivity index (χ3n) is 7.78. The minimum absolute atomic E-state index is 0.0750. The lowest BCUT2D eigenvalue weighted by molar-refractivity contribution is 0.468. The second-order valence-corrected chi connectivity index (χ2v) is 12.2. The van der Waals surface area contributed by atoms with E-state index in [0.717, 1.165) is 11.4 Å². The molecule has 0 aliphatic rings. The Balaban J connectivity index is 1.75. The number of hydrogen-bond donors (Lipinski definition) is 2. The van der Waals surface area contributed by atoms with E-state index in [1.54, 1.807) is 12.4 Å². The topological polar surface area (TPSA) is 65.2 Å². The summed E-state index contributed by atoms with van der Waals surface area (Å²) in [5, 5.41) is 22.7. The van der Waals surface area contributed by atoms with Gasteiger partial charge < -0.3 is 10.2 Å². The number of para-hydroxylation sites is 4. The SMILES string of the molecule is CC(C)c1cccc(C(C)C)c1N=Cc1cccc(-c2cccc(C=Nc3c(C(C)C)cccc3C(C)C)c2O)c1O. The zero-order valence-electron chi connectivity index (χ0n) is 26.2. The summed E-state index contributed by atoms with van der Waals surface area (Å²) in [5.41, 5.74) is 8.88. The van der Waals surface area contributed by atoms with E-state index in [9.17, 15) is 10.2 Å². The van der Waals surface area contributed by atoms with E-state index in [1.165, 1.54) is 22.3 Å². The van der Waals surface area contributed by atoms with Gasteiger partial charge in [0, 0.05) is 34.7 Å². The van der Waals surface area contributed by atoms with E-state index >= 15 is 0 Å². The molecule has 4 rings (SSSR count). The maximum Gasteiger partial charge on any atom is 0.132 e. The Labute approximate surface area is 251 Å². The Morgan fingerprint density at radius 1 is 0.452 bits per heavy atom. The molecule has 0 fully saturated rings. The average molecular weight is 561 g/mol. The first-order valence-electron chi connectivity index (χ1n) is 15.0. The summed E-state index contributed by atoms with van der Waals surface area (Å²) in [4.78, 5) is 9.79. The highest BCUT2D eigenvalue weighted by Gasteiger charge is 2.17. The lowest BCUT2D eigenvalue weighted by atomic mass is 9.93. The summed E-state index contributed by atoms with van der Waals surface area (Å²) in [5.74, 6) is 1.43. The number of aliphatic imine (C=N–C) groups is 2. The quantitative estimate of drug-likeness (QED) is 0.200. The molecule has 4 aromatic rings. The standard InChI is InChI=1S/C38H44N2O2/c1-23(2)29-15-11-16-30(24(3)4)35(29)39-21-27-13-9-19-33(37(27)41)34-20-10-14-28(38(34)42)22-40-36-31(25(5)6)17-12-18-32(36)26(7)8/h9-26,41-42H,1-8H3. The third kappa shape index (κ3) is 6.49. The number of nitrogens with zero attached hydrogens (tertiary/aromatic N) is 2. The number of rotatable bonds is 9. The van der Waals surface area contributed by atoms with Crippen molar-refractivity contribution in [1.82, 2.24) is 0 Å². The monoisotopic (exact) mass is 560 g/mol. The molecule has 4 heteroatoms. The van der Waals surface area contributed by atoms with Crippen LogP contribution in [0.2, 0.25) is 0 Å². The minimum Gasteiger partial charge on any atom is -0.507 e. The Kier molecular flexibility index (Phi) is 9.67. The van der Waals surface area contributed by atoms with Crippen LogP contribution >= 0.6 is 0 Å². The van der Waals surface area contributed by atoms with Crippen LogP contribution in [0.1, 0.15) is 112 Å². The molecular weight excluding hydrogens is 516 g/mol. The fourth-order valence-corrected chi connectivity index (χ4v) is 5.36.